The van der Waals surface area contributed by atoms with Crippen molar-refractivity contribution >= 4 is 11.7 Å². The Bertz CT molecular complexity index is 1160. The molecule has 0 bridgehead atoms. The molecule has 0 spiro atoms. The molecule has 0 unspecified atom stereocenters. The van der Waals surface area contributed by atoms with Gasteiger partial charge in [-0.05, 0) is 61.0 Å². The third-order valence-corrected chi connectivity index (χ3v) is 5.56. The van der Waals surface area contributed by atoms with Crippen LogP contribution in [0.15, 0.2) is 65.5 Å². The highest BCUT2D eigenvalue weighted by molar-refractivity contribution is 5.89. The van der Waals surface area contributed by atoms with Gasteiger partial charge >= 0.3 is 6.03 Å². The highest BCUT2D eigenvalue weighted by atomic mass is 19.1. The standard InChI is InChI=1S/C25H28FN5O3/c26-21-7-5-20(6-8-21)23-9-10-24(32)31(29-23)18-19-3-1-4-22(17-19)28-25(33)27-11-2-12-30-13-15-34-16-14-30/h1,3-10,17H,2,11-16,18H2,(H2,27,28,33). The molecule has 0 saturated carbocycles. The Morgan fingerprint density at radius 1 is 1.06 bits per heavy atom. The fourth-order valence-electron chi connectivity index (χ4n) is 3.76. The first-order valence-corrected chi connectivity index (χ1v) is 11.3. The van der Waals surface area contributed by atoms with Crippen molar-refractivity contribution in [2.24, 2.45) is 0 Å². The van der Waals surface area contributed by atoms with E-state index in [1.54, 1.807) is 24.3 Å². The predicted molar refractivity (Wildman–Crippen MR) is 128 cm³/mol. The van der Waals surface area contributed by atoms with E-state index in [1.807, 2.05) is 18.2 Å². The van der Waals surface area contributed by atoms with E-state index < -0.39 is 0 Å². The molecule has 2 heterocycles. The van der Waals surface area contributed by atoms with Crippen LogP contribution in [0.25, 0.3) is 11.3 Å². The molecule has 1 aromatic heterocycles. The number of hydrogen-bond donors (Lipinski definition) is 2. The number of benzene rings is 2. The van der Waals surface area contributed by atoms with Crippen molar-refractivity contribution in [3.8, 4) is 11.3 Å². The van der Waals surface area contributed by atoms with Gasteiger partial charge in [-0.3, -0.25) is 9.69 Å². The molecule has 2 N–H and O–H groups in total. The quantitative estimate of drug-likeness (QED) is 0.500. The highest BCUT2D eigenvalue weighted by Gasteiger charge is 2.10. The Labute approximate surface area is 197 Å². The van der Waals surface area contributed by atoms with E-state index >= 15 is 0 Å². The van der Waals surface area contributed by atoms with Crippen LogP contribution < -0.4 is 16.2 Å². The SMILES string of the molecule is O=C(NCCCN1CCOCC1)Nc1cccc(Cn2nc(-c3ccc(F)cc3)ccc2=O)c1. The molecule has 34 heavy (non-hydrogen) atoms. The minimum Gasteiger partial charge on any atom is -0.379 e. The first kappa shape index (κ1) is 23.6. The third kappa shape index (κ3) is 6.72. The van der Waals surface area contributed by atoms with Crippen LogP contribution >= 0.6 is 0 Å². The van der Waals surface area contributed by atoms with E-state index in [0.29, 0.717) is 17.9 Å². The Kier molecular flexibility index (Phi) is 8.00. The molecular formula is C25H28FN5O3. The summed E-state index contributed by atoms with van der Waals surface area (Å²) in [5.41, 5.74) is 2.49. The van der Waals surface area contributed by atoms with Gasteiger partial charge in [-0.15, -0.1) is 0 Å². The molecule has 3 aromatic rings. The molecule has 8 nitrogen and oxygen atoms in total. The number of ether oxygens (including phenoxy) is 1. The molecule has 0 aliphatic carbocycles. The van der Waals surface area contributed by atoms with Crippen LogP contribution in [0.1, 0.15) is 12.0 Å². The molecule has 0 atom stereocenters. The Morgan fingerprint density at radius 2 is 1.85 bits per heavy atom. The van der Waals surface area contributed by atoms with Crippen molar-refractivity contribution in [1.29, 1.82) is 0 Å². The van der Waals surface area contributed by atoms with Crippen LogP contribution in [0.5, 0.6) is 0 Å². The van der Waals surface area contributed by atoms with E-state index in [0.717, 1.165) is 50.4 Å². The van der Waals surface area contributed by atoms with Gasteiger partial charge in [0.1, 0.15) is 5.82 Å². The lowest BCUT2D eigenvalue weighted by atomic mass is 10.1. The van der Waals surface area contributed by atoms with Gasteiger partial charge in [0.15, 0.2) is 0 Å². The molecule has 1 aliphatic heterocycles. The van der Waals surface area contributed by atoms with Gasteiger partial charge in [0, 0.05) is 37.0 Å². The van der Waals surface area contributed by atoms with Crippen LogP contribution in [-0.4, -0.2) is 60.1 Å². The van der Waals surface area contributed by atoms with E-state index in [1.165, 1.54) is 22.9 Å². The van der Waals surface area contributed by atoms with Crippen molar-refractivity contribution in [2.45, 2.75) is 13.0 Å². The molecule has 1 fully saturated rings. The second-order valence-electron chi connectivity index (χ2n) is 8.11. The number of aromatic nitrogens is 2. The number of morpholine rings is 1. The fraction of sp³-hybridized carbons (Fsp3) is 0.320. The number of anilines is 1. The van der Waals surface area contributed by atoms with Gasteiger partial charge in [-0.1, -0.05) is 12.1 Å². The van der Waals surface area contributed by atoms with Crippen LogP contribution in [0.2, 0.25) is 0 Å². The monoisotopic (exact) mass is 465 g/mol. The van der Waals surface area contributed by atoms with Crippen LogP contribution in [0, 0.1) is 5.82 Å². The number of rotatable bonds is 8. The maximum absolute atomic E-state index is 13.2. The number of hydrogen-bond acceptors (Lipinski definition) is 5. The number of carbonyl (C=O) groups is 1. The van der Waals surface area contributed by atoms with E-state index in [9.17, 15) is 14.0 Å². The molecule has 1 aliphatic rings. The summed E-state index contributed by atoms with van der Waals surface area (Å²) in [5, 5.41) is 10.1. The van der Waals surface area contributed by atoms with Crippen molar-refractivity contribution in [2.75, 3.05) is 44.7 Å². The molecule has 9 heteroatoms. The van der Waals surface area contributed by atoms with E-state index in [-0.39, 0.29) is 24.0 Å². The molecule has 2 aromatic carbocycles. The summed E-state index contributed by atoms with van der Waals surface area (Å²) < 4.78 is 19.9. The van der Waals surface area contributed by atoms with Crippen molar-refractivity contribution in [1.82, 2.24) is 20.0 Å². The van der Waals surface area contributed by atoms with Crippen molar-refractivity contribution < 1.29 is 13.9 Å². The second kappa shape index (κ2) is 11.5. The zero-order valence-electron chi connectivity index (χ0n) is 18.9. The number of nitrogens with one attached hydrogen (secondary N) is 2. The zero-order chi connectivity index (χ0) is 23.8. The van der Waals surface area contributed by atoms with Gasteiger partial charge in [-0.2, -0.15) is 5.10 Å². The number of amides is 2. The number of carbonyl (C=O) groups excluding carboxylic acids is 1. The number of halogens is 1. The van der Waals surface area contributed by atoms with Crippen molar-refractivity contribution in [3.05, 3.63) is 82.4 Å². The van der Waals surface area contributed by atoms with Gasteiger partial charge in [0.05, 0.1) is 25.5 Å². The average molecular weight is 466 g/mol. The smallest absolute Gasteiger partial charge is 0.319 e. The highest BCUT2D eigenvalue weighted by Crippen LogP contribution is 2.16. The maximum atomic E-state index is 13.2. The number of urea groups is 1. The lowest BCUT2D eigenvalue weighted by molar-refractivity contribution is 0.0375. The lowest BCUT2D eigenvalue weighted by Crippen LogP contribution is -2.38. The molecule has 4 rings (SSSR count). The summed E-state index contributed by atoms with van der Waals surface area (Å²) >= 11 is 0. The first-order chi connectivity index (χ1) is 16.6. The molecule has 178 valence electrons. The molecule has 1 saturated heterocycles. The number of nitrogens with zero attached hydrogens (tertiary/aromatic N) is 3. The largest absolute Gasteiger partial charge is 0.379 e. The summed E-state index contributed by atoms with van der Waals surface area (Å²) in [6, 6.07) is 16.0. The predicted octanol–water partition coefficient (Wildman–Crippen LogP) is 2.94. The normalized spacial score (nSPS) is 14.0. The van der Waals surface area contributed by atoms with Gasteiger partial charge in [0.25, 0.3) is 5.56 Å². The summed E-state index contributed by atoms with van der Waals surface area (Å²) in [7, 11) is 0. The van der Waals surface area contributed by atoms with Gasteiger partial charge in [0.2, 0.25) is 0 Å². The minimum atomic E-state index is -0.331. The average Bonchev–Trinajstić information content (AvgIpc) is 2.85. The maximum Gasteiger partial charge on any atom is 0.319 e. The van der Waals surface area contributed by atoms with Crippen LogP contribution in [0.4, 0.5) is 14.9 Å². The third-order valence-electron chi connectivity index (χ3n) is 5.56. The van der Waals surface area contributed by atoms with Crippen molar-refractivity contribution in [3.63, 3.8) is 0 Å². The molecule has 2 amide bonds. The Hall–Kier alpha value is -3.56. The summed E-state index contributed by atoms with van der Waals surface area (Å²) in [6.45, 7) is 5.15. The van der Waals surface area contributed by atoms with Crippen LogP contribution in [0.3, 0.4) is 0 Å². The summed E-state index contributed by atoms with van der Waals surface area (Å²) in [6.07, 6.45) is 0.868. The lowest BCUT2D eigenvalue weighted by Gasteiger charge is -2.26. The molecule has 0 radical (unpaired) electrons. The van der Waals surface area contributed by atoms with Gasteiger partial charge < -0.3 is 15.4 Å². The van der Waals surface area contributed by atoms with Gasteiger partial charge in [-0.25, -0.2) is 13.9 Å². The molecular weight excluding hydrogens is 437 g/mol. The minimum absolute atomic E-state index is 0.241. The Morgan fingerprint density at radius 3 is 2.65 bits per heavy atom. The summed E-state index contributed by atoms with van der Waals surface area (Å²) in [4.78, 5) is 26.9. The van der Waals surface area contributed by atoms with E-state index in [4.69, 9.17) is 4.74 Å². The first-order valence-electron chi connectivity index (χ1n) is 11.3. The topological polar surface area (TPSA) is 88.5 Å². The fourth-order valence-corrected chi connectivity index (χ4v) is 3.76. The Balaban J connectivity index is 1.32. The van der Waals surface area contributed by atoms with E-state index in [2.05, 4.69) is 20.6 Å². The van der Waals surface area contributed by atoms with Crippen LogP contribution in [-0.2, 0) is 11.3 Å². The summed E-state index contributed by atoms with van der Waals surface area (Å²) in [5.74, 6) is -0.331. The second-order valence-corrected chi connectivity index (χ2v) is 8.11. The zero-order valence-corrected chi connectivity index (χ0v) is 18.9.